The van der Waals surface area contributed by atoms with E-state index in [1.54, 1.807) is 18.3 Å². The average molecular weight is 275 g/mol. The lowest BCUT2D eigenvalue weighted by atomic mass is 10.1. The molecule has 0 aliphatic rings. The summed E-state index contributed by atoms with van der Waals surface area (Å²) in [4.78, 5) is 22.7. The van der Waals surface area contributed by atoms with Gasteiger partial charge in [0.2, 0.25) is 6.04 Å². The van der Waals surface area contributed by atoms with Gasteiger partial charge in [-0.25, -0.2) is 4.79 Å². The van der Waals surface area contributed by atoms with Crippen LogP contribution in [0.5, 0.6) is 0 Å². The first-order chi connectivity index (χ1) is 8.75. The summed E-state index contributed by atoms with van der Waals surface area (Å²) >= 11 is 0. The van der Waals surface area contributed by atoms with Crippen LogP contribution in [0.4, 0.5) is 13.2 Å². The summed E-state index contributed by atoms with van der Waals surface area (Å²) in [5.74, 6) is -2.55. The number of rotatable bonds is 3. The van der Waals surface area contributed by atoms with Gasteiger partial charge < -0.3 is 10.1 Å². The Bertz CT molecular complexity index is 485. The van der Waals surface area contributed by atoms with E-state index in [1.807, 2.05) is 0 Å². The van der Waals surface area contributed by atoms with Crippen molar-refractivity contribution in [1.82, 2.24) is 5.32 Å². The van der Waals surface area contributed by atoms with Crippen LogP contribution in [-0.4, -0.2) is 31.2 Å². The van der Waals surface area contributed by atoms with Gasteiger partial charge >= 0.3 is 12.1 Å². The Morgan fingerprint density at radius 1 is 1.32 bits per heavy atom. The highest BCUT2D eigenvalue weighted by molar-refractivity contribution is 5.97. The number of benzene rings is 1. The summed E-state index contributed by atoms with van der Waals surface area (Å²) in [6, 6.07) is 3.32. The summed E-state index contributed by atoms with van der Waals surface area (Å²) in [5.41, 5.74) is 0.757. The van der Waals surface area contributed by atoms with Crippen molar-refractivity contribution in [3.05, 3.63) is 35.4 Å². The molecule has 0 unspecified atom stereocenters. The fourth-order valence-electron chi connectivity index (χ4n) is 1.39. The van der Waals surface area contributed by atoms with Gasteiger partial charge in [0.05, 0.1) is 7.11 Å². The molecule has 1 amide bonds. The van der Waals surface area contributed by atoms with Crippen molar-refractivity contribution in [1.29, 1.82) is 0 Å². The molecule has 0 spiro atoms. The SMILES string of the molecule is COC(=O)[C@@H](NC(=O)c1cccc(C)c1)C(F)(F)F. The third kappa shape index (κ3) is 3.97. The molecule has 0 bridgehead atoms. The van der Waals surface area contributed by atoms with Gasteiger partial charge in [0.25, 0.3) is 5.91 Å². The van der Waals surface area contributed by atoms with E-state index in [0.717, 1.165) is 7.11 Å². The lowest BCUT2D eigenvalue weighted by Gasteiger charge is -2.19. The lowest BCUT2D eigenvalue weighted by Crippen LogP contribution is -2.51. The van der Waals surface area contributed by atoms with Gasteiger partial charge in [-0.05, 0) is 19.1 Å². The maximum absolute atomic E-state index is 12.6. The Labute approximate surface area is 107 Å². The summed E-state index contributed by atoms with van der Waals surface area (Å²) in [6.07, 6.45) is -4.91. The van der Waals surface area contributed by atoms with Crippen LogP contribution in [0, 0.1) is 6.92 Å². The van der Waals surface area contributed by atoms with Crippen molar-refractivity contribution in [3.63, 3.8) is 0 Å². The molecule has 1 aromatic rings. The van der Waals surface area contributed by atoms with Gasteiger partial charge in [-0.15, -0.1) is 0 Å². The zero-order chi connectivity index (χ0) is 14.6. The second-order valence-corrected chi connectivity index (χ2v) is 3.84. The number of aryl methyl sites for hydroxylation is 1. The fraction of sp³-hybridized carbons (Fsp3) is 0.333. The van der Waals surface area contributed by atoms with E-state index in [-0.39, 0.29) is 5.56 Å². The quantitative estimate of drug-likeness (QED) is 0.856. The van der Waals surface area contributed by atoms with Gasteiger partial charge in [-0.3, -0.25) is 4.79 Å². The van der Waals surface area contributed by atoms with E-state index in [2.05, 4.69) is 4.74 Å². The van der Waals surface area contributed by atoms with Crippen molar-refractivity contribution in [2.45, 2.75) is 19.1 Å². The number of hydrogen-bond acceptors (Lipinski definition) is 3. The van der Waals surface area contributed by atoms with Gasteiger partial charge in [0.15, 0.2) is 0 Å². The Kier molecular flexibility index (Phi) is 4.52. The number of esters is 1. The zero-order valence-electron chi connectivity index (χ0n) is 10.2. The number of carbonyl (C=O) groups excluding carboxylic acids is 2. The molecule has 0 aromatic heterocycles. The molecule has 19 heavy (non-hydrogen) atoms. The predicted molar refractivity (Wildman–Crippen MR) is 60.5 cm³/mol. The van der Waals surface area contributed by atoms with Crippen molar-refractivity contribution in [2.75, 3.05) is 7.11 Å². The first-order valence-electron chi connectivity index (χ1n) is 5.27. The molecule has 0 aliphatic carbocycles. The minimum Gasteiger partial charge on any atom is -0.467 e. The minimum atomic E-state index is -4.91. The lowest BCUT2D eigenvalue weighted by molar-refractivity contribution is -0.180. The molecule has 0 fully saturated rings. The Morgan fingerprint density at radius 3 is 2.42 bits per heavy atom. The summed E-state index contributed by atoms with van der Waals surface area (Å²) in [5, 5.41) is 1.61. The standard InChI is InChI=1S/C12H12F3NO3/c1-7-4-3-5-8(6-7)10(17)16-9(11(18)19-2)12(13,14)15/h3-6,9H,1-2H3,(H,16,17)/t9-/m1/s1. The monoisotopic (exact) mass is 275 g/mol. The van der Waals surface area contributed by atoms with Crippen LogP contribution in [0.15, 0.2) is 24.3 Å². The number of amides is 1. The van der Waals surface area contributed by atoms with Gasteiger partial charge in [0.1, 0.15) is 0 Å². The summed E-state index contributed by atoms with van der Waals surface area (Å²) in [7, 11) is 0.819. The highest BCUT2D eigenvalue weighted by Gasteiger charge is 2.47. The van der Waals surface area contributed by atoms with E-state index in [1.165, 1.54) is 18.2 Å². The topological polar surface area (TPSA) is 55.4 Å². The molecule has 1 aromatic carbocycles. The Morgan fingerprint density at radius 2 is 1.95 bits per heavy atom. The molecular weight excluding hydrogens is 263 g/mol. The van der Waals surface area contributed by atoms with E-state index in [0.29, 0.717) is 5.56 Å². The summed E-state index contributed by atoms with van der Waals surface area (Å²) in [6.45, 7) is 1.69. The van der Waals surface area contributed by atoms with E-state index >= 15 is 0 Å². The number of ether oxygens (including phenoxy) is 1. The molecule has 0 heterocycles. The average Bonchev–Trinajstić information content (AvgIpc) is 2.33. The maximum atomic E-state index is 12.6. The Balaban J connectivity index is 2.91. The molecule has 4 nitrogen and oxygen atoms in total. The third-order valence-corrected chi connectivity index (χ3v) is 2.32. The number of carbonyl (C=O) groups is 2. The van der Waals surface area contributed by atoms with Crippen LogP contribution < -0.4 is 5.32 Å². The first-order valence-corrected chi connectivity index (χ1v) is 5.27. The maximum Gasteiger partial charge on any atom is 0.419 e. The molecule has 1 atom stereocenters. The van der Waals surface area contributed by atoms with Crippen LogP contribution in [0.25, 0.3) is 0 Å². The molecule has 0 aliphatic heterocycles. The van der Waals surface area contributed by atoms with Gasteiger partial charge in [-0.1, -0.05) is 17.7 Å². The molecule has 0 radical (unpaired) electrons. The first kappa shape index (κ1) is 15.0. The number of hydrogen-bond donors (Lipinski definition) is 1. The van der Waals surface area contributed by atoms with Crippen molar-refractivity contribution in [2.24, 2.45) is 0 Å². The van der Waals surface area contributed by atoms with Crippen molar-refractivity contribution >= 4 is 11.9 Å². The van der Waals surface area contributed by atoms with E-state index in [4.69, 9.17) is 0 Å². The molecule has 104 valence electrons. The number of halogens is 3. The smallest absolute Gasteiger partial charge is 0.419 e. The molecular formula is C12H12F3NO3. The summed E-state index contributed by atoms with van der Waals surface area (Å²) < 4.78 is 41.8. The molecule has 0 saturated heterocycles. The molecule has 0 saturated carbocycles. The molecule has 1 rings (SSSR count). The third-order valence-electron chi connectivity index (χ3n) is 2.32. The highest BCUT2D eigenvalue weighted by Crippen LogP contribution is 2.21. The van der Waals surface area contributed by atoms with Crippen LogP contribution in [0.1, 0.15) is 15.9 Å². The number of alkyl halides is 3. The highest BCUT2D eigenvalue weighted by atomic mass is 19.4. The minimum absolute atomic E-state index is 0.0400. The largest absolute Gasteiger partial charge is 0.467 e. The van der Waals surface area contributed by atoms with Crippen molar-refractivity contribution < 1.29 is 27.5 Å². The van der Waals surface area contributed by atoms with Crippen LogP contribution in [0.2, 0.25) is 0 Å². The van der Waals surface area contributed by atoms with Crippen LogP contribution >= 0.6 is 0 Å². The normalized spacial score (nSPS) is 12.7. The second kappa shape index (κ2) is 5.73. The number of nitrogens with one attached hydrogen (secondary N) is 1. The zero-order valence-corrected chi connectivity index (χ0v) is 10.2. The second-order valence-electron chi connectivity index (χ2n) is 3.84. The molecule has 1 N–H and O–H groups in total. The van der Waals surface area contributed by atoms with Crippen molar-refractivity contribution in [3.8, 4) is 0 Å². The fourth-order valence-corrected chi connectivity index (χ4v) is 1.39. The van der Waals surface area contributed by atoms with Crippen LogP contribution in [0.3, 0.4) is 0 Å². The molecule has 7 heteroatoms. The van der Waals surface area contributed by atoms with E-state index < -0.39 is 24.1 Å². The Hall–Kier alpha value is -2.05. The van der Waals surface area contributed by atoms with Gasteiger partial charge in [-0.2, -0.15) is 13.2 Å². The van der Waals surface area contributed by atoms with E-state index in [9.17, 15) is 22.8 Å². The van der Waals surface area contributed by atoms with Gasteiger partial charge in [0, 0.05) is 5.56 Å². The predicted octanol–water partition coefficient (Wildman–Crippen LogP) is 1.83. The number of methoxy groups -OCH3 is 1. The van der Waals surface area contributed by atoms with Crippen LogP contribution in [-0.2, 0) is 9.53 Å².